The molecule has 132 valence electrons. The predicted molar refractivity (Wildman–Crippen MR) is 104 cm³/mol. The summed E-state index contributed by atoms with van der Waals surface area (Å²) in [5, 5.41) is 2.88. The van der Waals surface area contributed by atoms with Crippen molar-refractivity contribution < 1.29 is 9.59 Å². The maximum Gasteiger partial charge on any atom is 0.253 e. The molecule has 0 aromatic heterocycles. The molecular weight excluding hydrogens is 380 g/mol. The third-order valence-electron chi connectivity index (χ3n) is 4.05. The van der Waals surface area contributed by atoms with E-state index in [1.54, 1.807) is 17.1 Å². The van der Waals surface area contributed by atoms with Crippen LogP contribution in [0.2, 0.25) is 0 Å². The number of likely N-dealkylation sites (tertiary alicyclic amines) is 1. The number of hydrogen-bond acceptors (Lipinski definition) is 2. The first-order valence-corrected chi connectivity index (χ1v) is 9.13. The normalized spacial score (nSPS) is 15.6. The van der Waals surface area contributed by atoms with E-state index in [9.17, 15) is 9.59 Å². The van der Waals surface area contributed by atoms with Crippen LogP contribution in [0.25, 0.3) is 0 Å². The Bertz CT molecular complexity index is 691. The molecule has 1 aliphatic heterocycles. The average Bonchev–Trinajstić information content (AvgIpc) is 2.53. The molecule has 0 saturated carbocycles. The van der Waals surface area contributed by atoms with E-state index in [2.05, 4.69) is 27.8 Å². The van der Waals surface area contributed by atoms with Crippen LogP contribution in [-0.2, 0) is 16.0 Å². The highest BCUT2D eigenvalue weighted by atomic mass is 79.9. The van der Waals surface area contributed by atoms with Gasteiger partial charge >= 0.3 is 0 Å². The summed E-state index contributed by atoms with van der Waals surface area (Å²) < 4.78 is 0.484. The maximum absolute atomic E-state index is 12.7. The second-order valence-electron chi connectivity index (χ2n) is 5.91. The van der Waals surface area contributed by atoms with Gasteiger partial charge in [0, 0.05) is 24.0 Å². The van der Waals surface area contributed by atoms with Crippen LogP contribution in [0, 0.1) is 0 Å². The number of nitrogens with one attached hydrogen (secondary N) is 1. The third-order valence-corrected chi connectivity index (χ3v) is 4.47. The summed E-state index contributed by atoms with van der Waals surface area (Å²) in [7, 11) is 0. The lowest BCUT2D eigenvalue weighted by molar-refractivity contribution is -0.138. The fourth-order valence-electron chi connectivity index (χ4n) is 2.52. The predicted octanol–water partition coefficient (Wildman–Crippen LogP) is 3.36. The second-order valence-corrected chi connectivity index (χ2v) is 6.86. The van der Waals surface area contributed by atoms with Crippen molar-refractivity contribution in [1.29, 1.82) is 0 Å². The van der Waals surface area contributed by atoms with E-state index in [0.717, 1.165) is 25.1 Å². The molecule has 0 bridgehead atoms. The number of rotatable bonds is 7. The van der Waals surface area contributed by atoms with Crippen LogP contribution >= 0.6 is 15.9 Å². The number of allylic oxidation sites excluding steroid dienone is 3. The van der Waals surface area contributed by atoms with Crippen LogP contribution in [0.5, 0.6) is 0 Å². The van der Waals surface area contributed by atoms with Crippen molar-refractivity contribution in [2.45, 2.75) is 25.8 Å². The molecule has 2 rings (SSSR count). The molecule has 2 amide bonds. The zero-order chi connectivity index (χ0) is 18.2. The van der Waals surface area contributed by atoms with Crippen LogP contribution in [0.15, 0.2) is 65.2 Å². The third kappa shape index (κ3) is 5.43. The molecule has 4 nitrogen and oxygen atoms in total. The Hall–Kier alpha value is -2.14. The van der Waals surface area contributed by atoms with Gasteiger partial charge in [0.2, 0.25) is 5.91 Å². The first kappa shape index (κ1) is 19.2. The molecule has 0 spiro atoms. The van der Waals surface area contributed by atoms with Crippen molar-refractivity contribution in [3.63, 3.8) is 0 Å². The van der Waals surface area contributed by atoms with Gasteiger partial charge in [-0.15, -0.1) is 0 Å². The molecule has 0 radical (unpaired) electrons. The largest absolute Gasteiger partial charge is 0.341 e. The quantitative estimate of drug-likeness (QED) is 0.561. The van der Waals surface area contributed by atoms with E-state index >= 15 is 0 Å². The summed E-state index contributed by atoms with van der Waals surface area (Å²) in [5.41, 5.74) is 1.42. The first-order valence-electron chi connectivity index (χ1n) is 8.34. The Labute approximate surface area is 157 Å². The zero-order valence-electron chi connectivity index (χ0n) is 14.4. The number of nitrogens with zero attached hydrogens (tertiary/aromatic N) is 1. The van der Waals surface area contributed by atoms with Crippen molar-refractivity contribution in [3.05, 3.63) is 70.8 Å². The number of amides is 2. The van der Waals surface area contributed by atoms with Crippen molar-refractivity contribution in [2.75, 3.05) is 13.1 Å². The Morgan fingerprint density at radius 3 is 2.52 bits per heavy atom. The van der Waals surface area contributed by atoms with Gasteiger partial charge in [-0.2, -0.15) is 0 Å². The van der Waals surface area contributed by atoms with Crippen molar-refractivity contribution in [2.24, 2.45) is 0 Å². The molecule has 1 aromatic rings. The Balaban J connectivity index is 2.17. The van der Waals surface area contributed by atoms with Crippen LogP contribution in [0.1, 0.15) is 18.9 Å². The number of carbonyl (C=O) groups excluding carboxylic acids is 2. The van der Waals surface area contributed by atoms with E-state index in [0.29, 0.717) is 16.5 Å². The van der Waals surface area contributed by atoms with Gasteiger partial charge in [0.05, 0.1) is 5.57 Å². The van der Waals surface area contributed by atoms with Gasteiger partial charge in [0.1, 0.15) is 6.04 Å². The molecular formula is C20H23BrN2O2. The fraction of sp³-hybridized carbons (Fsp3) is 0.300. The van der Waals surface area contributed by atoms with Crippen LogP contribution in [0.4, 0.5) is 0 Å². The average molecular weight is 403 g/mol. The number of carbonyl (C=O) groups is 2. The van der Waals surface area contributed by atoms with E-state index in [1.807, 2.05) is 43.3 Å². The smallest absolute Gasteiger partial charge is 0.253 e. The van der Waals surface area contributed by atoms with Gasteiger partial charge < -0.3 is 10.2 Å². The van der Waals surface area contributed by atoms with E-state index in [-0.39, 0.29) is 11.8 Å². The van der Waals surface area contributed by atoms with Crippen LogP contribution < -0.4 is 5.32 Å². The molecule has 1 aromatic carbocycles. The van der Waals surface area contributed by atoms with E-state index < -0.39 is 6.04 Å². The summed E-state index contributed by atoms with van der Waals surface area (Å²) >= 11 is 3.27. The van der Waals surface area contributed by atoms with Gasteiger partial charge in [0.25, 0.3) is 5.91 Å². The monoisotopic (exact) mass is 402 g/mol. The first-order chi connectivity index (χ1) is 12.0. The Morgan fingerprint density at radius 2 is 2.00 bits per heavy atom. The molecule has 1 heterocycles. The maximum atomic E-state index is 12.7. The van der Waals surface area contributed by atoms with Gasteiger partial charge in [0.15, 0.2) is 0 Å². The topological polar surface area (TPSA) is 49.4 Å². The highest BCUT2D eigenvalue weighted by molar-refractivity contribution is 9.12. The van der Waals surface area contributed by atoms with Crippen LogP contribution in [0.3, 0.4) is 0 Å². The summed E-state index contributed by atoms with van der Waals surface area (Å²) in [5.74, 6) is -0.344. The SMILES string of the molecule is C=C(Br)C(=CC=CC)C(=O)N[C@@H](Cc1ccccc1)C(=O)N1CCC1. The molecule has 1 fully saturated rings. The Morgan fingerprint density at radius 1 is 1.32 bits per heavy atom. The van der Waals surface area contributed by atoms with Gasteiger partial charge in [-0.3, -0.25) is 9.59 Å². The molecule has 1 atom stereocenters. The lowest BCUT2D eigenvalue weighted by atomic mass is 10.0. The molecule has 0 aliphatic carbocycles. The van der Waals surface area contributed by atoms with E-state index in [1.165, 1.54) is 0 Å². The summed E-state index contributed by atoms with van der Waals surface area (Å²) in [6.07, 6.45) is 6.76. The highest BCUT2D eigenvalue weighted by Gasteiger charge is 2.30. The fourth-order valence-corrected chi connectivity index (χ4v) is 2.84. The summed E-state index contributed by atoms with van der Waals surface area (Å²) in [6, 6.07) is 9.13. The van der Waals surface area contributed by atoms with Crippen molar-refractivity contribution in [1.82, 2.24) is 10.2 Å². The number of halogens is 1. The van der Waals surface area contributed by atoms with Crippen LogP contribution in [-0.4, -0.2) is 35.8 Å². The highest BCUT2D eigenvalue weighted by Crippen LogP contribution is 2.17. The minimum Gasteiger partial charge on any atom is -0.341 e. The van der Waals surface area contributed by atoms with Gasteiger partial charge in [-0.1, -0.05) is 65.0 Å². The second kappa shape index (κ2) is 9.37. The summed E-state index contributed by atoms with van der Waals surface area (Å²) in [6.45, 7) is 7.17. The lowest BCUT2D eigenvalue weighted by Crippen LogP contribution is -2.54. The van der Waals surface area contributed by atoms with E-state index in [4.69, 9.17) is 0 Å². The lowest BCUT2D eigenvalue weighted by Gasteiger charge is -2.34. The molecule has 25 heavy (non-hydrogen) atoms. The molecule has 5 heteroatoms. The minimum atomic E-state index is -0.587. The standard InChI is InChI=1S/C20H23BrN2O2/c1-3-4-11-17(15(2)21)19(24)22-18(20(25)23-12-8-13-23)14-16-9-6-5-7-10-16/h3-7,9-11,18H,2,8,12-14H2,1H3,(H,22,24)/t18-/m0/s1. The molecule has 1 aliphatic rings. The van der Waals surface area contributed by atoms with Gasteiger partial charge in [-0.05, 0) is 25.0 Å². The molecule has 1 N–H and O–H groups in total. The number of benzene rings is 1. The van der Waals surface area contributed by atoms with Gasteiger partial charge in [-0.25, -0.2) is 0 Å². The van der Waals surface area contributed by atoms with Crippen molar-refractivity contribution in [3.8, 4) is 0 Å². The molecule has 0 unspecified atom stereocenters. The van der Waals surface area contributed by atoms with Crippen molar-refractivity contribution >= 4 is 27.7 Å². The number of hydrogen-bond donors (Lipinski definition) is 1. The summed E-state index contributed by atoms with van der Waals surface area (Å²) in [4.78, 5) is 27.1. The minimum absolute atomic E-state index is 0.0333. The zero-order valence-corrected chi connectivity index (χ0v) is 16.0. The molecule has 1 saturated heterocycles. The Kier molecular flexibility index (Phi) is 7.19.